The number of rotatable bonds is 0. The van der Waals surface area contributed by atoms with Crippen LogP contribution >= 0.6 is 0 Å². The van der Waals surface area contributed by atoms with Gasteiger partial charge >= 0.3 is 25.7 Å². The van der Waals surface area contributed by atoms with Gasteiger partial charge in [-0.3, -0.25) is 0 Å². The molecule has 0 aliphatic heterocycles. The third-order valence-corrected chi connectivity index (χ3v) is 0. The molecule has 1 radical (unpaired) electrons. The molecule has 0 fully saturated rings. The third kappa shape index (κ3) is 8.98. The molecular weight excluding hydrogens is 252 g/mol. The van der Waals surface area contributed by atoms with Crippen molar-refractivity contribution < 1.29 is 59.4 Å². The van der Waals surface area contributed by atoms with Crippen molar-refractivity contribution in [1.29, 1.82) is 0 Å². The van der Waals surface area contributed by atoms with Crippen LogP contribution in [0, 0.1) is 0 Å². The van der Waals surface area contributed by atoms with E-state index in [1.807, 2.05) is 25.7 Å². The summed E-state index contributed by atoms with van der Waals surface area (Å²) in [6.45, 7) is 0. The first-order chi connectivity index (χ1) is 1.00. The molecule has 22 valence electrons. The van der Waals surface area contributed by atoms with Crippen LogP contribution in [0.25, 0.3) is 0 Å². The average Bonchev–Trinajstić information content (AvgIpc) is 1.00. The summed E-state index contributed by atoms with van der Waals surface area (Å²) in [6.07, 6.45) is 2.01. The van der Waals surface area contributed by atoms with E-state index >= 15 is 0 Å². The monoisotopic (exact) mass is 256 g/mol. The Morgan fingerprint density at radius 2 is 1.25 bits per heavy atom. The number of hydrogen-bond acceptors (Lipinski definition) is 0. The van der Waals surface area contributed by atoms with Gasteiger partial charge in [-0.2, -0.15) is 0 Å². The molecule has 0 bridgehead atoms. The quantitative estimate of drug-likeness (QED) is 0.490. The Morgan fingerprint density at radius 1 is 1.25 bits per heavy atom. The van der Waals surface area contributed by atoms with Crippen LogP contribution in [-0.4, -0.2) is 6.11 Å². The second-order valence-electron chi connectivity index (χ2n) is 0. The molecule has 0 aliphatic rings. The molecule has 0 heterocycles. The first-order valence-electron chi connectivity index (χ1n) is 0.408. The number of hydrogen-bond donors (Lipinski definition) is 0. The van der Waals surface area contributed by atoms with Gasteiger partial charge in [-0.15, -0.1) is 0 Å². The molecule has 0 nitrogen and oxygen atoms in total. The van der Waals surface area contributed by atoms with Crippen LogP contribution in [0.3, 0.4) is 0 Å². The molecule has 0 spiro atoms. The van der Waals surface area contributed by atoms with E-state index in [0.717, 1.165) is 0 Å². The van der Waals surface area contributed by atoms with Crippen LogP contribution in [-0.2, 0) is 59.4 Å². The van der Waals surface area contributed by atoms with Gasteiger partial charge in [0.1, 0.15) is 0 Å². The molecule has 0 aromatic carbocycles. The van der Waals surface area contributed by atoms with E-state index in [2.05, 4.69) is 0 Å². The van der Waals surface area contributed by atoms with Crippen molar-refractivity contribution >= 4 is 6.11 Å². The van der Waals surface area contributed by atoms with E-state index in [-0.39, 0.29) is 39.7 Å². The summed E-state index contributed by atoms with van der Waals surface area (Å²) in [5.74, 6) is 0. The fraction of sp³-hybridized carbons (Fsp3) is 0. The molecule has 0 saturated carbocycles. The van der Waals surface area contributed by atoms with Crippen molar-refractivity contribution in [3.05, 3.63) is 0 Å². The first kappa shape index (κ1) is 16.6. The summed E-state index contributed by atoms with van der Waals surface area (Å²) >= 11 is 1.95. The zero-order valence-corrected chi connectivity index (χ0v) is 7.74. The SMILES string of the molecule is [BH2][Mo].[Cr].[Nb]. The van der Waals surface area contributed by atoms with E-state index in [9.17, 15) is 0 Å². The van der Waals surface area contributed by atoms with Gasteiger partial charge in [0.15, 0.2) is 0 Å². The van der Waals surface area contributed by atoms with Crippen LogP contribution in [0.1, 0.15) is 0 Å². The average molecular weight is 254 g/mol. The molecule has 0 aromatic rings. The minimum absolute atomic E-state index is 0. The Hall–Kier alpha value is 2.03. The van der Waals surface area contributed by atoms with Gasteiger partial charge in [-0.05, 0) is 0 Å². The maximum Gasteiger partial charge on any atom is 0 e. The third-order valence-electron chi connectivity index (χ3n) is 0. The predicted octanol–water partition coefficient (Wildman–Crippen LogP) is -0.924. The maximum atomic E-state index is 2.01. The van der Waals surface area contributed by atoms with Crippen molar-refractivity contribution in [2.75, 3.05) is 0 Å². The normalized spacial score (nSPS) is 1.00. The van der Waals surface area contributed by atoms with Gasteiger partial charge in [-0.1, -0.05) is 0 Å². The van der Waals surface area contributed by atoms with E-state index in [1.165, 1.54) is 0 Å². The Kier molecular flexibility index (Phi) is 82.5. The molecular formula is H2BCrMoNb. The Labute approximate surface area is 64.8 Å². The summed E-state index contributed by atoms with van der Waals surface area (Å²) in [5, 5.41) is 0. The molecule has 0 aromatic heterocycles. The summed E-state index contributed by atoms with van der Waals surface area (Å²) < 4.78 is 0. The second-order valence-corrected chi connectivity index (χ2v) is 0. The first-order valence-corrected chi connectivity index (χ1v) is 2.42. The molecule has 0 saturated heterocycles. The predicted molar refractivity (Wildman–Crippen MR) is 8.54 cm³/mol. The minimum atomic E-state index is 0. The van der Waals surface area contributed by atoms with Crippen molar-refractivity contribution in [1.82, 2.24) is 0 Å². The largest absolute Gasteiger partial charge is 0 e. The van der Waals surface area contributed by atoms with Crippen LogP contribution in [0.2, 0.25) is 0 Å². The van der Waals surface area contributed by atoms with Gasteiger partial charge in [0.25, 0.3) is 0 Å². The van der Waals surface area contributed by atoms with E-state index in [0.29, 0.717) is 0 Å². The fourth-order valence-electron chi connectivity index (χ4n) is 0. The molecule has 0 aliphatic carbocycles. The van der Waals surface area contributed by atoms with Gasteiger partial charge < -0.3 is 0 Å². The van der Waals surface area contributed by atoms with Gasteiger partial charge in [0, 0.05) is 39.7 Å². The molecule has 0 N–H and O–H groups in total. The summed E-state index contributed by atoms with van der Waals surface area (Å²) in [7, 11) is 0. The Bertz CT molecular complexity index is 8.00. The van der Waals surface area contributed by atoms with Crippen molar-refractivity contribution in [2.24, 2.45) is 0 Å². The summed E-state index contributed by atoms with van der Waals surface area (Å²) in [5.41, 5.74) is 0. The van der Waals surface area contributed by atoms with Gasteiger partial charge in [0.05, 0.1) is 0 Å². The van der Waals surface area contributed by atoms with Crippen LogP contribution in [0.15, 0.2) is 0 Å². The van der Waals surface area contributed by atoms with E-state index < -0.39 is 0 Å². The Morgan fingerprint density at radius 3 is 1.25 bits per heavy atom. The van der Waals surface area contributed by atoms with Crippen molar-refractivity contribution in [3.8, 4) is 0 Å². The van der Waals surface area contributed by atoms with Gasteiger partial charge in [0.2, 0.25) is 0 Å². The zero-order chi connectivity index (χ0) is 2.00. The maximum absolute atomic E-state index is 2.01. The van der Waals surface area contributed by atoms with Crippen LogP contribution < -0.4 is 0 Å². The molecule has 4 heteroatoms. The van der Waals surface area contributed by atoms with Crippen molar-refractivity contribution in [2.45, 2.75) is 0 Å². The summed E-state index contributed by atoms with van der Waals surface area (Å²) in [4.78, 5) is 0. The fourth-order valence-corrected chi connectivity index (χ4v) is 0. The van der Waals surface area contributed by atoms with Crippen LogP contribution in [0.5, 0.6) is 0 Å². The zero-order valence-electron chi connectivity index (χ0n) is 2.26. The van der Waals surface area contributed by atoms with Crippen LogP contribution in [0.4, 0.5) is 0 Å². The summed E-state index contributed by atoms with van der Waals surface area (Å²) in [6, 6.07) is 0. The smallest absolute Gasteiger partial charge is 0 e. The van der Waals surface area contributed by atoms with E-state index in [1.54, 1.807) is 0 Å². The van der Waals surface area contributed by atoms with Crippen molar-refractivity contribution in [3.63, 3.8) is 0 Å². The second kappa shape index (κ2) is 19.8. The van der Waals surface area contributed by atoms with Gasteiger partial charge in [-0.25, -0.2) is 0 Å². The minimum Gasteiger partial charge on any atom is 0 e. The van der Waals surface area contributed by atoms with E-state index in [4.69, 9.17) is 0 Å². The molecule has 0 amide bonds. The standard InChI is InChI=1S/BH2.Cr.Mo.Nb/h1H2;;;/q+1;;-1;. The Balaban J connectivity index is -0.00000000500. The molecule has 4 heavy (non-hydrogen) atoms. The topological polar surface area (TPSA) is 0 Å². The molecule has 0 unspecified atom stereocenters. The molecule has 0 atom stereocenters. The molecule has 0 rings (SSSR count).